The molecule has 0 bridgehead atoms. The Morgan fingerprint density at radius 1 is 1.12 bits per heavy atom. The lowest BCUT2D eigenvalue weighted by Gasteiger charge is -2.01. The van der Waals surface area contributed by atoms with Gasteiger partial charge in [0, 0.05) is 23.5 Å². The molecule has 2 heterocycles. The summed E-state index contributed by atoms with van der Waals surface area (Å²) in [6.07, 6.45) is 8.46. The van der Waals surface area contributed by atoms with E-state index in [9.17, 15) is 5.11 Å². The molecule has 0 unspecified atom stereocenters. The van der Waals surface area contributed by atoms with Crippen molar-refractivity contribution in [2.75, 3.05) is 5.73 Å². The minimum Gasteiger partial charge on any atom is -0.507 e. The highest BCUT2D eigenvalue weighted by atomic mass is 16.3. The Kier molecular flexibility index (Phi) is 4.00. The molecule has 4 aromatic rings. The summed E-state index contributed by atoms with van der Waals surface area (Å²) in [5, 5.41) is 10.0. The molecule has 26 heavy (non-hydrogen) atoms. The first-order valence-electron chi connectivity index (χ1n) is 8.17. The van der Waals surface area contributed by atoms with Gasteiger partial charge in [-0.1, -0.05) is 36.4 Å². The highest BCUT2D eigenvalue weighted by Crippen LogP contribution is 2.28. The number of rotatable bonds is 4. The Morgan fingerprint density at radius 2 is 2.00 bits per heavy atom. The average Bonchev–Trinajstić information content (AvgIpc) is 3.05. The van der Waals surface area contributed by atoms with Crippen LogP contribution in [0.1, 0.15) is 11.1 Å². The molecule has 0 saturated heterocycles. The van der Waals surface area contributed by atoms with Crippen LogP contribution >= 0.6 is 0 Å². The number of fused-ring (bicyclic) bond motifs is 1. The van der Waals surface area contributed by atoms with Crippen LogP contribution in [0.25, 0.3) is 23.1 Å². The maximum absolute atomic E-state index is 10.0. The molecule has 2 aromatic carbocycles. The molecule has 0 aliphatic carbocycles. The summed E-state index contributed by atoms with van der Waals surface area (Å²) in [7, 11) is 0. The van der Waals surface area contributed by atoms with Crippen LogP contribution in [0.15, 0.2) is 60.9 Å². The van der Waals surface area contributed by atoms with Gasteiger partial charge in [0.1, 0.15) is 11.6 Å². The van der Waals surface area contributed by atoms with Gasteiger partial charge in [0.05, 0.1) is 5.69 Å². The maximum atomic E-state index is 10.0. The SMILES string of the molecule is Nc1nc2nc(-c3ccccc3O)cn2cc1/C=C/Cc1cc#ccc1. The third kappa shape index (κ3) is 3.08. The van der Waals surface area contributed by atoms with Gasteiger partial charge in [-0.25, -0.2) is 4.98 Å². The lowest BCUT2D eigenvalue weighted by Crippen LogP contribution is -1.98. The third-order valence-corrected chi connectivity index (χ3v) is 4.06. The summed E-state index contributed by atoms with van der Waals surface area (Å²) in [5.41, 5.74) is 9.33. The van der Waals surface area contributed by atoms with E-state index in [2.05, 4.69) is 22.1 Å². The molecule has 5 nitrogen and oxygen atoms in total. The number of phenols is 1. The summed E-state index contributed by atoms with van der Waals surface area (Å²) >= 11 is 0. The molecule has 0 fully saturated rings. The first-order valence-corrected chi connectivity index (χ1v) is 8.17. The highest BCUT2D eigenvalue weighted by Gasteiger charge is 2.10. The topological polar surface area (TPSA) is 76.4 Å². The molecule has 126 valence electrons. The van der Waals surface area contributed by atoms with E-state index in [1.54, 1.807) is 12.1 Å². The van der Waals surface area contributed by atoms with Crippen LogP contribution in [0, 0.1) is 12.1 Å². The standard InChI is InChI=1S/C21H16N4O/c22-20-16(10-6-9-15-7-2-1-3-8-15)13-25-14-18(23-21(25)24-20)17-11-4-5-12-19(17)26/h2,4-8,10-14,26H,9H2,(H2,22,23,24)/b10-6+. The van der Waals surface area contributed by atoms with E-state index in [0.29, 0.717) is 22.9 Å². The van der Waals surface area contributed by atoms with Crippen molar-refractivity contribution in [3.63, 3.8) is 0 Å². The number of benzene rings is 1. The van der Waals surface area contributed by atoms with Crippen molar-refractivity contribution < 1.29 is 5.11 Å². The van der Waals surface area contributed by atoms with Crippen LogP contribution < -0.4 is 5.73 Å². The quantitative estimate of drug-likeness (QED) is 0.596. The fourth-order valence-electron chi connectivity index (χ4n) is 2.73. The van der Waals surface area contributed by atoms with Crippen LogP contribution in [-0.2, 0) is 6.42 Å². The molecule has 0 aliphatic rings. The molecule has 2 aromatic heterocycles. The van der Waals surface area contributed by atoms with Gasteiger partial charge in [-0.2, -0.15) is 4.98 Å². The second-order valence-corrected chi connectivity index (χ2v) is 5.88. The number of hydrogen-bond donors (Lipinski definition) is 2. The molecule has 0 aliphatic heterocycles. The predicted molar refractivity (Wildman–Crippen MR) is 101 cm³/mol. The van der Waals surface area contributed by atoms with E-state index in [1.165, 1.54) is 0 Å². The van der Waals surface area contributed by atoms with Gasteiger partial charge in [0.15, 0.2) is 0 Å². The predicted octanol–water partition coefficient (Wildman–Crippen LogP) is 3.54. The smallest absolute Gasteiger partial charge is 0.236 e. The lowest BCUT2D eigenvalue weighted by molar-refractivity contribution is 0.477. The van der Waals surface area contributed by atoms with Crippen LogP contribution in [0.5, 0.6) is 5.75 Å². The van der Waals surface area contributed by atoms with Crippen molar-refractivity contribution in [3.8, 4) is 17.0 Å². The van der Waals surface area contributed by atoms with Crippen molar-refractivity contribution >= 4 is 17.7 Å². The number of aromatic nitrogens is 3. The van der Waals surface area contributed by atoms with Gasteiger partial charge in [-0.15, -0.1) is 0 Å². The van der Waals surface area contributed by atoms with E-state index in [0.717, 1.165) is 17.5 Å². The molecule has 3 N–H and O–H groups in total. The minimum atomic E-state index is 0.181. The van der Waals surface area contributed by atoms with E-state index < -0.39 is 0 Å². The first-order chi connectivity index (χ1) is 12.7. The van der Waals surface area contributed by atoms with E-state index >= 15 is 0 Å². The van der Waals surface area contributed by atoms with E-state index in [1.807, 2.05) is 59.3 Å². The number of aromatic hydroxyl groups is 1. The number of para-hydroxylation sites is 1. The molecule has 0 spiro atoms. The zero-order valence-corrected chi connectivity index (χ0v) is 13.9. The van der Waals surface area contributed by atoms with Crippen LogP contribution in [0.2, 0.25) is 0 Å². The van der Waals surface area contributed by atoms with Gasteiger partial charge in [0.2, 0.25) is 5.78 Å². The average molecular weight is 340 g/mol. The summed E-state index contributed by atoms with van der Waals surface area (Å²) < 4.78 is 1.81. The van der Waals surface area contributed by atoms with Gasteiger partial charge in [0.25, 0.3) is 0 Å². The van der Waals surface area contributed by atoms with Gasteiger partial charge < -0.3 is 10.8 Å². The summed E-state index contributed by atoms with van der Waals surface area (Å²) in [4.78, 5) is 8.82. The maximum Gasteiger partial charge on any atom is 0.236 e. The van der Waals surface area contributed by atoms with Crippen molar-refractivity contribution in [2.24, 2.45) is 0 Å². The molecule has 0 saturated carbocycles. The Bertz CT molecular complexity index is 1080. The number of phenolic OH excluding ortho intramolecular Hbond substituents is 1. The Labute approximate surface area is 151 Å². The fourth-order valence-corrected chi connectivity index (χ4v) is 2.73. The summed E-state index contributed by atoms with van der Waals surface area (Å²) in [6, 6.07) is 18.7. The second kappa shape index (κ2) is 6.61. The molecule has 0 amide bonds. The molecular formula is C21H16N4O. The largest absolute Gasteiger partial charge is 0.507 e. The van der Waals surface area contributed by atoms with Gasteiger partial charge in [-0.05, 0) is 42.3 Å². The minimum absolute atomic E-state index is 0.181. The number of anilines is 1. The van der Waals surface area contributed by atoms with Gasteiger partial charge in [-0.3, -0.25) is 4.40 Å². The summed E-state index contributed by atoms with van der Waals surface area (Å²) in [6.45, 7) is 0. The fraction of sp³-hybridized carbons (Fsp3) is 0.0476. The van der Waals surface area contributed by atoms with Crippen molar-refractivity contribution in [1.29, 1.82) is 0 Å². The second-order valence-electron chi connectivity index (χ2n) is 5.88. The summed E-state index contributed by atoms with van der Waals surface area (Å²) in [5.74, 6) is 1.09. The first kappa shape index (κ1) is 15.7. The Morgan fingerprint density at radius 3 is 2.81 bits per heavy atom. The highest BCUT2D eigenvalue weighted by molar-refractivity contribution is 5.69. The Balaban J connectivity index is 1.65. The van der Waals surface area contributed by atoms with Gasteiger partial charge >= 0.3 is 0 Å². The van der Waals surface area contributed by atoms with Crippen molar-refractivity contribution in [2.45, 2.75) is 6.42 Å². The molecule has 5 heteroatoms. The number of hydrogen-bond acceptors (Lipinski definition) is 4. The third-order valence-electron chi connectivity index (χ3n) is 4.06. The Hall–Kier alpha value is -3.78. The number of nitrogen functional groups attached to an aromatic ring is 1. The van der Waals surface area contributed by atoms with E-state index in [4.69, 9.17) is 5.73 Å². The van der Waals surface area contributed by atoms with E-state index in [-0.39, 0.29) is 5.75 Å². The molecule has 4 rings (SSSR count). The van der Waals surface area contributed by atoms with Crippen LogP contribution in [-0.4, -0.2) is 19.5 Å². The van der Waals surface area contributed by atoms with Crippen LogP contribution in [0.4, 0.5) is 5.82 Å². The number of nitrogens with two attached hydrogens (primary N) is 1. The molecule has 0 atom stereocenters. The molecule has 0 radical (unpaired) electrons. The number of allylic oxidation sites excluding steroid dienone is 1. The number of imidazole rings is 1. The zero-order chi connectivity index (χ0) is 17.9. The lowest BCUT2D eigenvalue weighted by atomic mass is 10.1. The monoisotopic (exact) mass is 340 g/mol. The molecular weight excluding hydrogens is 324 g/mol. The van der Waals surface area contributed by atoms with Crippen molar-refractivity contribution in [3.05, 3.63) is 84.2 Å². The normalized spacial score (nSPS) is 11.1. The number of nitrogens with zero attached hydrogens (tertiary/aromatic N) is 3. The van der Waals surface area contributed by atoms with Crippen LogP contribution in [0.3, 0.4) is 0 Å². The zero-order valence-electron chi connectivity index (χ0n) is 13.9. The van der Waals surface area contributed by atoms with Crippen molar-refractivity contribution in [1.82, 2.24) is 14.4 Å².